The van der Waals surface area contributed by atoms with Gasteiger partial charge in [-0.15, -0.1) is 0 Å². The lowest BCUT2D eigenvalue weighted by molar-refractivity contribution is -0.147. The minimum absolute atomic E-state index is 0.0963. The van der Waals surface area contributed by atoms with Gasteiger partial charge in [-0.1, -0.05) is 12.1 Å². The van der Waals surface area contributed by atoms with E-state index in [-0.39, 0.29) is 23.8 Å². The summed E-state index contributed by atoms with van der Waals surface area (Å²) < 4.78 is 5.57. The number of ether oxygens (including phenoxy) is 1. The minimum Gasteiger partial charge on any atom is -0.491 e. The molecule has 102 valence electrons. The summed E-state index contributed by atoms with van der Waals surface area (Å²) in [6.07, 6.45) is 1.15. The van der Waals surface area contributed by atoms with Crippen LogP contribution in [0.5, 0.6) is 5.75 Å². The van der Waals surface area contributed by atoms with Crippen molar-refractivity contribution in [2.24, 2.45) is 0 Å². The van der Waals surface area contributed by atoms with Crippen LogP contribution >= 0.6 is 0 Å². The zero-order valence-electron chi connectivity index (χ0n) is 11.6. The predicted octanol–water partition coefficient (Wildman–Crippen LogP) is 2.34. The summed E-state index contributed by atoms with van der Waals surface area (Å²) >= 11 is 0. The summed E-state index contributed by atoms with van der Waals surface area (Å²) in [6, 6.07) is 7.56. The fourth-order valence-corrected chi connectivity index (χ4v) is 2.28. The van der Waals surface area contributed by atoms with E-state index in [1.807, 2.05) is 38.1 Å². The first-order valence-electron chi connectivity index (χ1n) is 6.56. The van der Waals surface area contributed by atoms with Gasteiger partial charge in [0.05, 0.1) is 12.0 Å². The van der Waals surface area contributed by atoms with Crippen LogP contribution in [0.15, 0.2) is 24.3 Å². The number of nitrogens with zero attached hydrogens (tertiary/aromatic N) is 1. The second kappa shape index (κ2) is 5.43. The molecule has 0 spiro atoms. The van der Waals surface area contributed by atoms with Crippen LogP contribution in [0.4, 0.5) is 0 Å². The molecule has 1 atom stereocenters. The fraction of sp³-hybridized carbons (Fsp3) is 0.467. The Morgan fingerprint density at radius 1 is 1.21 bits per heavy atom. The van der Waals surface area contributed by atoms with Crippen molar-refractivity contribution >= 4 is 11.8 Å². The molecule has 1 fully saturated rings. The molecule has 0 unspecified atom stereocenters. The maximum atomic E-state index is 12.1. The molecule has 0 bridgehead atoms. The average Bonchev–Trinajstić information content (AvgIpc) is 2.37. The highest BCUT2D eigenvalue weighted by atomic mass is 16.5. The van der Waals surface area contributed by atoms with Crippen molar-refractivity contribution in [2.45, 2.75) is 38.7 Å². The molecule has 0 radical (unpaired) electrons. The van der Waals surface area contributed by atoms with Crippen LogP contribution in [0.25, 0.3) is 0 Å². The van der Waals surface area contributed by atoms with Gasteiger partial charge in [0.15, 0.2) is 0 Å². The number of carbonyl (C=O) groups excluding carboxylic acids is 2. The van der Waals surface area contributed by atoms with E-state index in [0.717, 1.165) is 11.3 Å². The van der Waals surface area contributed by atoms with Crippen molar-refractivity contribution in [3.05, 3.63) is 29.8 Å². The number of amides is 2. The summed E-state index contributed by atoms with van der Waals surface area (Å²) in [5, 5.41) is 0. The summed E-state index contributed by atoms with van der Waals surface area (Å²) in [4.78, 5) is 24.7. The monoisotopic (exact) mass is 261 g/mol. The molecule has 19 heavy (non-hydrogen) atoms. The zero-order chi connectivity index (χ0) is 14.0. The van der Waals surface area contributed by atoms with Crippen molar-refractivity contribution in [3.8, 4) is 5.75 Å². The number of hydrogen-bond acceptors (Lipinski definition) is 3. The van der Waals surface area contributed by atoms with Gasteiger partial charge < -0.3 is 4.74 Å². The third-order valence-electron chi connectivity index (χ3n) is 3.30. The van der Waals surface area contributed by atoms with Crippen molar-refractivity contribution in [1.82, 2.24) is 4.90 Å². The summed E-state index contributed by atoms with van der Waals surface area (Å²) in [6.45, 7) is 3.94. The summed E-state index contributed by atoms with van der Waals surface area (Å²) in [7, 11) is 1.55. The Bertz CT molecular complexity index is 479. The maximum absolute atomic E-state index is 12.1. The van der Waals surface area contributed by atoms with Gasteiger partial charge in [-0.3, -0.25) is 14.5 Å². The largest absolute Gasteiger partial charge is 0.491 e. The molecule has 4 nitrogen and oxygen atoms in total. The van der Waals surface area contributed by atoms with Gasteiger partial charge in [0, 0.05) is 13.5 Å². The van der Waals surface area contributed by atoms with E-state index in [4.69, 9.17) is 4.74 Å². The smallest absolute Gasteiger partial charge is 0.236 e. The molecule has 1 saturated heterocycles. The number of carbonyl (C=O) groups is 2. The van der Waals surface area contributed by atoms with Gasteiger partial charge in [0.2, 0.25) is 11.8 Å². The quantitative estimate of drug-likeness (QED) is 0.785. The zero-order valence-corrected chi connectivity index (χ0v) is 11.6. The average molecular weight is 261 g/mol. The van der Waals surface area contributed by atoms with Crippen LogP contribution in [0, 0.1) is 0 Å². The molecule has 4 heteroatoms. The lowest BCUT2D eigenvalue weighted by atomic mass is 9.90. The van der Waals surface area contributed by atoms with E-state index >= 15 is 0 Å². The second-order valence-corrected chi connectivity index (χ2v) is 5.12. The highest BCUT2D eigenvalue weighted by Gasteiger charge is 2.32. The highest BCUT2D eigenvalue weighted by Crippen LogP contribution is 2.29. The molecule has 1 aromatic carbocycles. The maximum Gasteiger partial charge on any atom is 0.236 e. The molecule has 2 amide bonds. The van der Waals surface area contributed by atoms with Crippen molar-refractivity contribution < 1.29 is 14.3 Å². The molecule has 1 aliphatic heterocycles. The van der Waals surface area contributed by atoms with Crippen LogP contribution < -0.4 is 4.74 Å². The number of likely N-dealkylation sites (N-methyl/N-ethyl adjacent to an activating group) is 1. The Balaban J connectivity index is 2.14. The van der Waals surface area contributed by atoms with Gasteiger partial charge in [0.25, 0.3) is 0 Å². The van der Waals surface area contributed by atoms with Crippen LogP contribution in [0.2, 0.25) is 0 Å². The van der Waals surface area contributed by atoms with Gasteiger partial charge in [0.1, 0.15) is 5.75 Å². The third kappa shape index (κ3) is 2.95. The molecule has 1 heterocycles. The Morgan fingerprint density at radius 3 is 2.42 bits per heavy atom. The normalized spacial score (nSPS) is 20.0. The molecule has 2 rings (SSSR count). The van der Waals surface area contributed by atoms with Crippen LogP contribution in [0.3, 0.4) is 0 Å². The first kappa shape index (κ1) is 13.6. The van der Waals surface area contributed by atoms with Crippen molar-refractivity contribution in [1.29, 1.82) is 0 Å². The summed E-state index contributed by atoms with van der Waals surface area (Å²) in [5.74, 6) is 0.372. The van der Waals surface area contributed by atoms with Crippen molar-refractivity contribution in [3.63, 3.8) is 0 Å². The summed E-state index contributed by atoms with van der Waals surface area (Å²) in [5.41, 5.74) is 0.945. The van der Waals surface area contributed by atoms with E-state index in [1.165, 1.54) is 4.90 Å². The van der Waals surface area contributed by atoms with Gasteiger partial charge in [-0.05, 0) is 38.0 Å². The van der Waals surface area contributed by atoms with Crippen molar-refractivity contribution in [2.75, 3.05) is 7.05 Å². The lowest BCUT2D eigenvalue weighted by Crippen LogP contribution is -2.41. The molecule has 0 saturated carbocycles. The van der Waals surface area contributed by atoms with Crippen LogP contribution in [-0.4, -0.2) is 29.9 Å². The first-order chi connectivity index (χ1) is 8.99. The van der Waals surface area contributed by atoms with E-state index < -0.39 is 0 Å². The molecular weight excluding hydrogens is 242 g/mol. The number of benzene rings is 1. The minimum atomic E-state index is -0.212. The van der Waals surface area contributed by atoms with Gasteiger partial charge in [-0.25, -0.2) is 0 Å². The number of likely N-dealkylation sites (tertiary alicyclic amines) is 1. The molecule has 1 aliphatic rings. The Labute approximate surface area is 113 Å². The topological polar surface area (TPSA) is 46.6 Å². The molecule has 0 aromatic heterocycles. The highest BCUT2D eigenvalue weighted by molar-refractivity contribution is 6.00. The Morgan fingerprint density at radius 2 is 1.84 bits per heavy atom. The Kier molecular flexibility index (Phi) is 3.88. The van der Waals surface area contributed by atoms with Gasteiger partial charge >= 0.3 is 0 Å². The lowest BCUT2D eigenvalue weighted by Gasteiger charge is -2.28. The molecule has 0 aliphatic carbocycles. The van der Waals surface area contributed by atoms with E-state index in [1.54, 1.807) is 7.05 Å². The molecule has 0 N–H and O–H groups in total. The van der Waals surface area contributed by atoms with E-state index in [9.17, 15) is 9.59 Å². The predicted molar refractivity (Wildman–Crippen MR) is 72.0 cm³/mol. The fourth-order valence-electron chi connectivity index (χ4n) is 2.28. The number of hydrogen-bond donors (Lipinski definition) is 0. The third-order valence-corrected chi connectivity index (χ3v) is 3.30. The molecular formula is C15H19NO3. The number of rotatable bonds is 3. The Hall–Kier alpha value is -1.84. The van der Waals surface area contributed by atoms with E-state index in [0.29, 0.717) is 12.8 Å². The first-order valence-corrected chi connectivity index (χ1v) is 6.56. The number of piperidine rings is 1. The van der Waals surface area contributed by atoms with Crippen LogP contribution in [0.1, 0.15) is 38.2 Å². The van der Waals surface area contributed by atoms with E-state index in [2.05, 4.69) is 0 Å². The number of imide groups is 1. The van der Waals surface area contributed by atoms with Crippen LogP contribution in [-0.2, 0) is 9.59 Å². The molecule has 1 aromatic rings. The SMILES string of the molecule is CC(C)Oc1ccc([C@@H]2CCC(=O)N(C)C2=O)cc1. The van der Waals surface area contributed by atoms with Gasteiger partial charge in [-0.2, -0.15) is 0 Å². The second-order valence-electron chi connectivity index (χ2n) is 5.12. The standard InChI is InChI=1S/C15H19NO3/c1-10(2)19-12-6-4-11(5-7-12)13-8-9-14(17)16(3)15(13)18/h4-7,10,13H,8-9H2,1-3H3/t13-/m0/s1.